The van der Waals surface area contributed by atoms with Gasteiger partial charge in [-0.3, -0.25) is 10.1 Å². The van der Waals surface area contributed by atoms with Crippen molar-refractivity contribution in [2.45, 2.75) is 19.4 Å². The van der Waals surface area contributed by atoms with Gasteiger partial charge in [-0.2, -0.15) is 4.98 Å². The predicted molar refractivity (Wildman–Crippen MR) is 106 cm³/mol. The molecule has 0 bridgehead atoms. The van der Waals surface area contributed by atoms with Crippen molar-refractivity contribution in [2.24, 2.45) is 0 Å². The summed E-state index contributed by atoms with van der Waals surface area (Å²) >= 11 is 3.36. The van der Waals surface area contributed by atoms with E-state index in [1.54, 1.807) is 19.1 Å². The Morgan fingerprint density at radius 2 is 2.04 bits per heavy atom. The first-order chi connectivity index (χ1) is 13.4. The third-order valence-corrected chi connectivity index (χ3v) is 5.08. The van der Waals surface area contributed by atoms with Gasteiger partial charge in [0.2, 0.25) is 0 Å². The van der Waals surface area contributed by atoms with Crippen molar-refractivity contribution in [1.82, 2.24) is 15.1 Å². The first-order valence-electron chi connectivity index (χ1n) is 8.45. The van der Waals surface area contributed by atoms with E-state index in [9.17, 15) is 15.2 Å². The van der Waals surface area contributed by atoms with Crippen LogP contribution in [0.1, 0.15) is 23.1 Å². The summed E-state index contributed by atoms with van der Waals surface area (Å²) in [4.78, 5) is 18.1. The van der Waals surface area contributed by atoms with Crippen LogP contribution in [0.4, 0.5) is 5.69 Å². The number of aromatic amines is 1. The van der Waals surface area contributed by atoms with Crippen LogP contribution in [-0.4, -0.2) is 25.2 Å². The van der Waals surface area contributed by atoms with E-state index in [1.165, 1.54) is 6.07 Å². The zero-order valence-corrected chi connectivity index (χ0v) is 16.3. The molecule has 0 amide bonds. The van der Waals surface area contributed by atoms with Crippen LogP contribution in [0, 0.1) is 17.0 Å². The standard InChI is InChI=1S/C19H15BrN4O4/c1-10-15(24(26)27)7-4-12-8-14(21-18(10)12)19-22-17(23-28-19)9-16(25)11-2-5-13(20)6-3-11/h2-8,16,21,25H,9H2,1H3. The number of rotatable bonds is 5. The van der Waals surface area contributed by atoms with Crippen molar-refractivity contribution in [2.75, 3.05) is 0 Å². The van der Waals surface area contributed by atoms with E-state index in [4.69, 9.17) is 4.52 Å². The number of aromatic nitrogens is 3. The van der Waals surface area contributed by atoms with Gasteiger partial charge in [0, 0.05) is 22.3 Å². The zero-order valence-electron chi connectivity index (χ0n) is 14.7. The third-order valence-electron chi connectivity index (χ3n) is 4.55. The summed E-state index contributed by atoms with van der Waals surface area (Å²) in [6, 6.07) is 12.3. The minimum absolute atomic E-state index is 0.0461. The van der Waals surface area contributed by atoms with E-state index in [-0.39, 0.29) is 18.0 Å². The molecule has 0 aliphatic heterocycles. The highest BCUT2D eigenvalue weighted by Crippen LogP contribution is 2.30. The van der Waals surface area contributed by atoms with Gasteiger partial charge in [-0.25, -0.2) is 0 Å². The lowest BCUT2D eigenvalue weighted by Crippen LogP contribution is -2.03. The molecule has 9 heteroatoms. The molecular weight excluding hydrogens is 428 g/mol. The number of aryl methyl sites for hydroxylation is 1. The average molecular weight is 443 g/mol. The number of benzene rings is 2. The van der Waals surface area contributed by atoms with Crippen molar-refractivity contribution >= 4 is 32.5 Å². The maximum absolute atomic E-state index is 11.1. The number of nitrogens with one attached hydrogen (secondary N) is 1. The second-order valence-electron chi connectivity index (χ2n) is 6.40. The van der Waals surface area contributed by atoms with Crippen LogP contribution in [0.5, 0.6) is 0 Å². The van der Waals surface area contributed by atoms with Crippen LogP contribution in [0.2, 0.25) is 0 Å². The van der Waals surface area contributed by atoms with Gasteiger partial charge in [-0.1, -0.05) is 33.2 Å². The molecule has 0 aliphatic rings. The number of aliphatic hydroxyl groups excluding tert-OH is 1. The largest absolute Gasteiger partial charge is 0.388 e. The molecule has 4 rings (SSSR count). The van der Waals surface area contributed by atoms with Crippen LogP contribution in [0.25, 0.3) is 22.5 Å². The maximum atomic E-state index is 11.1. The summed E-state index contributed by atoms with van der Waals surface area (Å²) in [7, 11) is 0. The van der Waals surface area contributed by atoms with Gasteiger partial charge in [0.1, 0.15) is 5.69 Å². The lowest BCUT2D eigenvalue weighted by molar-refractivity contribution is -0.385. The topological polar surface area (TPSA) is 118 Å². The molecule has 8 nitrogen and oxygen atoms in total. The summed E-state index contributed by atoms with van der Waals surface area (Å²) in [5.74, 6) is 0.628. The van der Waals surface area contributed by atoms with Gasteiger partial charge in [0.05, 0.1) is 22.1 Å². The van der Waals surface area contributed by atoms with Crippen molar-refractivity contribution in [1.29, 1.82) is 0 Å². The van der Waals surface area contributed by atoms with E-state index >= 15 is 0 Å². The molecule has 1 atom stereocenters. The minimum Gasteiger partial charge on any atom is -0.388 e. The Kier molecular flexibility index (Phi) is 4.70. The number of H-pyrrole nitrogens is 1. The number of aliphatic hydroxyl groups is 1. The normalized spacial score (nSPS) is 12.4. The Balaban J connectivity index is 1.59. The number of nitro groups is 1. The minimum atomic E-state index is -0.758. The predicted octanol–water partition coefficient (Wildman–Crippen LogP) is 4.47. The molecule has 2 aromatic carbocycles. The molecule has 0 saturated carbocycles. The van der Waals surface area contributed by atoms with Gasteiger partial charge >= 0.3 is 0 Å². The number of halogens is 1. The summed E-state index contributed by atoms with van der Waals surface area (Å²) in [6.45, 7) is 1.69. The quantitative estimate of drug-likeness (QED) is 0.347. The number of hydrogen-bond donors (Lipinski definition) is 2. The van der Waals surface area contributed by atoms with Crippen LogP contribution in [0.3, 0.4) is 0 Å². The number of nitrogens with zero attached hydrogens (tertiary/aromatic N) is 3. The van der Waals surface area contributed by atoms with Crippen LogP contribution >= 0.6 is 15.9 Å². The summed E-state index contributed by atoms with van der Waals surface area (Å²) in [5.41, 5.74) is 2.56. The van der Waals surface area contributed by atoms with Crippen LogP contribution in [0.15, 0.2) is 51.5 Å². The van der Waals surface area contributed by atoms with Gasteiger partial charge in [0.25, 0.3) is 11.6 Å². The smallest absolute Gasteiger partial charge is 0.274 e. The SMILES string of the molecule is Cc1c([N+](=O)[O-])ccc2cc(-c3nc(CC(O)c4ccc(Br)cc4)no3)[nH]c12. The summed E-state index contributed by atoms with van der Waals surface area (Å²) in [6.07, 6.45) is -0.554. The van der Waals surface area contributed by atoms with Crippen molar-refractivity contribution in [3.8, 4) is 11.6 Å². The molecular formula is C19H15BrN4O4. The highest BCUT2D eigenvalue weighted by atomic mass is 79.9. The molecule has 0 aliphatic carbocycles. The molecule has 4 aromatic rings. The van der Waals surface area contributed by atoms with E-state index < -0.39 is 11.0 Å². The van der Waals surface area contributed by atoms with Crippen molar-refractivity contribution in [3.63, 3.8) is 0 Å². The Morgan fingerprint density at radius 3 is 2.75 bits per heavy atom. The Hall–Kier alpha value is -3.04. The molecule has 1 unspecified atom stereocenters. The highest BCUT2D eigenvalue weighted by molar-refractivity contribution is 9.10. The molecule has 0 radical (unpaired) electrons. The third kappa shape index (κ3) is 3.41. The summed E-state index contributed by atoms with van der Waals surface area (Å²) < 4.78 is 6.24. The zero-order chi connectivity index (χ0) is 19.8. The number of nitro benzene ring substituents is 1. The lowest BCUT2D eigenvalue weighted by Gasteiger charge is -2.08. The van der Waals surface area contributed by atoms with E-state index in [2.05, 4.69) is 31.1 Å². The maximum Gasteiger partial charge on any atom is 0.274 e. The Labute approximate surface area is 167 Å². The van der Waals surface area contributed by atoms with Gasteiger partial charge in [-0.05, 0) is 36.8 Å². The molecule has 2 heterocycles. The highest BCUT2D eigenvalue weighted by Gasteiger charge is 2.19. The van der Waals surface area contributed by atoms with Crippen LogP contribution < -0.4 is 0 Å². The van der Waals surface area contributed by atoms with E-state index in [1.807, 2.05) is 24.3 Å². The summed E-state index contributed by atoms with van der Waals surface area (Å²) in [5, 5.41) is 26.2. The molecule has 28 heavy (non-hydrogen) atoms. The fourth-order valence-electron chi connectivity index (χ4n) is 3.07. The molecule has 2 N–H and O–H groups in total. The van der Waals surface area contributed by atoms with Crippen molar-refractivity contribution in [3.05, 3.63) is 74.0 Å². The second-order valence-corrected chi connectivity index (χ2v) is 7.32. The van der Waals surface area contributed by atoms with Gasteiger partial charge < -0.3 is 14.6 Å². The van der Waals surface area contributed by atoms with E-state index in [0.29, 0.717) is 22.6 Å². The van der Waals surface area contributed by atoms with Gasteiger partial charge in [-0.15, -0.1) is 0 Å². The first-order valence-corrected chi connectivity index (χ1v) is 9.25. The van der Waals surface area contributed by atoms with Gasteiger partial charge in [0.15, 0.2) is 5.82 Å². The molecule has 2 aromatic heterocycles. The second kappa shape index (κ2) is 7.17. The number of hydrogen-bond acceptors (Lipinski definition) is 6. The fraction of sp³-hybridized carbons (Fsp3) is 0.158. The molecule has 0 saturated heterocycles. The van der Waals surface area contributed by atoms with Crippen molar-refractivity contribution < 1.29 is 14.6 Å². The number of fused-ring (bicyclic) bond motifs is 1. The first kappa shape index (κ1) is 18.3. The lowest BCUT2D eigenvalue weighted by atomic mass is 10.1. The van der Waals surface area contributed by atoms with Crippen LogP contribution in [-0.2, 0) is 6.42 Å². The Bertz CT molecular complexity index is 1170. The molecule has 0 fully saturated rings. The molecule has 0 spiro atoms. The van der Waals surface area contributed by atoms with E-state index in [0.717, 1.165) is 15.4 Å². The molecule has 142 valence electrons. The average Bonchev–Trinajstić information content (AvgIpc) is 3.29. The fourth-order valence-corrected chi connectivity index (χ4v) is 3.33. The monoisotopic (exact) mass is 442 g/mol. The Morgan fingerprint density at radius 1 is 1.29 bits per heavy atom.